The largest absolute Gasteiger partial charge is 0.294 e. The highest BCUT2D eigenvalue weighted by Crippen LogP contribution is 2.16. The predicted molar refractivity (Wildman–Crippen MR) is 77.2 cm³/mol. The zero-order chi connectivity index (χ0) is 14.5. The lowest BCUT2D eigenvalue weighted by Gasteiger charge is -2.05. The smallest absolute Gasteiger partial charge is 0.182 e. The van der Waals surface area contributed by atoms with E-state index in [1.165, 1.54) is 12.1 Å². The van der Waals surface area contributed by atoms with Gasteiger partial charge in [0, 0.05) is 12.0 Å². The molecule has 0 aliphatic rings. The SMILES string of the molecule is C=C(C)CS(=O)(=O)c1ccc(C(=O)CCCC)cc1. The van der Waals surface area contributed by atoms with Gasteiger partial charge in [0.2, 0.25) is 0 Å². The van der Waals surface area contributed by atoms with Crippen LogP contribution in [0.4, 0.5) is 0 Å². The highest BCUT2D eigenvalue weighted by molar-refractivity contribution is 7.91. The van der Waals surface area contributed by atoms with Gasteiger partial charge in [-0.15, -0.1) is 0 Å². The van der Waals surface area contributed by atoms with Gasteiger partial charge in [-0.05, 0) is 25.5 Å². The summed E-state index contributed by atoms with van der Waals surface area (Å²) in [5, 5.41) is 0. The van der Waals surface area contributed by atoms with Crippen molar-refractivity contribution in [2.45, 2.75) is 38.0 Å². The Balaban J connectivity index is 2.87. The molecular weight excluding hydrogens is 260 g/mol. The van der Waals surface area contributed by atoms with Crippen LogP contribution in [0.15, 0.2) is 41.3 Å². The highest BCUT2D eigenvalue weighted by atomic mass is 32.2. The molecule has 4 heteroatoms. The van der Waals surface area contributed by atoms with E-state index in [1.54, 1.807) is 19.1 Å². The van der Waals surface area contributed by atoms with E-state index in [4.69, 9.17) is 0 Å². The molecular formula is C15H20O3S. The van der Waals surface area contributed by atoms with E-state index in [-0.39, 0.29) is 16.4 Å². The van der Waals surface area contributed by atoms with E-state index in [0.29, 0.717) is 17.6 Å². The van der Waals surface area contributed by atoms with Crippen molar-refractivity contribution in [3.63, 3.8) is 0 Å². The number of hydrogen-bond acceptors (Lipinski definition) is 3. The Hall–Kier alpha value is -1.42. The molecule has 0 N–H and O–H groups in total. The molecule has 3 nitrogen and oxygen atoms in total. The average molecular weight is 280 g/mol. The summed E-state index contributed by atoms with van der Waals surface area (Å²) in [6.45, 7) is 7.32. The van der Waals surface area contributed by atoms with Gasteiger partial charge in [0.1, 0.15) is 0 Å². The lowest BCUT2D eigenvalue weighted by atomic mass is 10.1. The van der Waals surface area contributed by atoms with Crippen LogP contribution in [0.25, 0.3) is 0 Å². The number of rotatable bonds is 7. The van der Waals surface area contributed by atoms with Gasteiger partial charge in [-0.25, -0.2) is 8.42 Å². The Morgan fingerprint density at radius 3 is 2.26 bits per heavy atom. The fourth-order valence-electron chi connectivity index (χ4n) is 1.74. The molecule has 0 radical (unpaired) electrons. The second kappa shape index (κ2) is 6.66. The van der Waals surface area contributed by atoms with E-state index < -0.39 is 9.84 Å². The summed E-state index contributed by atoms with van der Waals surface area (Å²) in [6.07, 6.45) is 2.33. The van der Waals surface area contributed by atoms with Gasteiger partial charge in [0.25, 0.3) is 0 Å². The number of carbonyl (C=O) groups excluding carboxylic acids is 1. The number of ketones is 1. The van der Waals surface area contributed by atoms with Gasteiger partial charge >= 0.3 is 0 Å². The van der Waals surface area contributed by atoms with E-state index >= 15 is 0 Å². The van der Waals surface area contributed by atoms with E-state index in [0.717, 1.165) is 12.8 Å². The molecule has 1 aromatic carbocycles. The molecule has 0 aliphatic heterocycles. The first-order valence-corrected chi connectivity index (χ1v) is 8.02. The maximum Gasteiger partial charge on any atom is 0.182 e. The van der Waals surface area contributed by atoms with E-state index in [2.05, 4.69) is 6.58 Å². The monoisotopic (exact) mass is 280 g/mol. The number of sulfone groups is 1. The van der Waals surface area contributed by atoms with Crippen molar-refractivity contribution >= 4 is 15.6 Å². The first-order valence-electron chi connectivity index (χ1n) is 6.37. The molecule has 19 heavy (non-hydrogen) atoms. The van der Waals surface area contributed by atoms with Crippen molar-refractivity contribution in [1.82, 2.24) is 0 Å². The number of carbonyl (C=O) groups is 1. The quantitative estimate of drug-likeness (QED) is 0.568. The van der Waals surface area contributed by atoms with Crippen molar-refractivity contribution in [2.75, 3.05) is 5.75 Å². The molecule has 1 aromatic rings. The molecule has 0 heterocycles. The molecule has 1 rings (SSSR count). The van der Waals surface area contributed by atoms with Crippen molar-refractivity contribution in [3.05, 3.63) is 42.0 Å². The van der Waals surface area contributed by atoms with Crippen LogP contribution in [0.2, 0.25) is 0 Å². The third-order valence-corrected chi connectivity index (χ3v) is 4.59. The Morgan fingerprint density at radius 2 is 1.79 bits per heavy atom. The third kappa shape index (κ3) is 4.63. The molecule has 0 aliphatic carbocycles. The Kier molecular flexibility index (Phi) is 5.48. The van der Waals surface area contributed by atoms with Crippen LogP contribution in [-0.2, 0) is 9.84 Å². The zero-order valence-electron chi connectivity index (χ0n) is 11.5. The topological polar surface area (TPSA) is 51.2 Å². The summed E-state index contributed by atoms with van der Waals surface area (Å²) in [4.78, 5) is 12.0. The number of benzene rings is 1. The van der Waals surface area contributed by atoms with Crippen LogP contribution in [0.1, 0.15) is 43.5 Å². The number of unbranched alkanes of at least 4 members (excludes halogenated alkanes) is 1. The molecule has 0 amide bonds. The molecule has 0 fully saturated rings. The van der Waals surface area contributed by atoms with Crippen molar-refractivity contribution < 1.29 is 13.2 Å². The van der Waals surface area contributed by atoms with Crippen molar-refractivity contribution in [2.24, 2.45) is 0 Å². The summed E-state index contributed by atoms with van der Waals surface area (Å²) in [6, 6.07) is 6.17. The molecule has 0 bridgehead atoms. The van der Waals surface area contributed by atoms with Crippen LogP contribution in [0, 0.1) is 0 Å². The second-order valence-electron chi connectivity index (χ2n) is 4.77. The van der Waals surface area contributed by atoms with E-state index in [9.17, 15) is 13.2 Å². The van der Waals surface area contributed by atoms with Crippen LogP contribution in [-0.4, -0.2) is 20.0 Å². The molecule has 0 saturated carbocycles. The molecule has 0 spiro atoms. The van der Waals surface area contributed by atoms with Gasteiger partial charge in [-0.2, -0.15) is 0 Å². The van der Waals surface area contributed by atoms with Gasteiger partial charge in [0.05, 0.1) is 10.6 Å². The van der Waals surface area contributed by atoms with Crippen LogP contribution in [0.3, 0.4) is 0 Å². The summed E-state index contributed by atoms with van der Waals surface area (Å²) in [5.41, 5.74) is 1.17. The van der Waals surface area contributed by atoms with Crippen LogP contribution < -0.4 is 0 Å². The number of Topliss-reactive ketones (excluding diaryl/α,β-unsaturated/α-hetero) is 1. The highest BCUT2D eigenvalue weighted by Gasteiger charge is 2.15. The maximum absolute atomic E-state index is 12.0. The summed E-state index contributed by atoms with van der Waals surface area (Å²) < 4.78 is 23.9. The molecule has 104 valence electrons. The Labute approximate surface area is 115 Å². The number of hydrogen-bond donors (Lipinski definition) is 0. The Morgan fingerprint density at radius 1 is 1.21 bits per heavy atom. The third-order valence-electron chi connectivity index (χ3n) is 2.73. The minimum Gasteiger partial charge on any atom is -0.294 e. The summed E-state index contributed by atoms with van der Waals surface area (Å²) in [7, 11) is -3.33. The average Bonchev–Trinajstić information content (AvgIpc) is 2.34. The summed E-state index contributed by atoms with van der Waals surface area (Å²) >= 11 is 0. The van der Waals surface area contributed by atoms with Crippen molar-refractivity contribution in [1.29, 1.82) is 0 Å². The minimum absolute atomic E-state index is 0.0594. The van der Waals surface area contributed by atoms with Gasteiger partial charge in [-0.1, -0.05) is 37.6 Å². The molecule has 0 saturated heterocycles. The molecule has 0 atom stereocenters. The molecule has 0 aromatic heterocycles. The second-order valence-corrected chi connectivity index (χ2v) is 6.76. The van der Waals surface area contributed by atoms with E-state index in [1.807, 2.05) is 6.92 Å². The zero-order valence-corrected chi connectivity index (χ0v) is 12.3. The summed E-state index contributed by atoms with van der Waals surface area (Å²) in [5.74, 6) is 0.00144. The van der Waals surface area contributed by atoms with Gasteiger partial charge in [0.15, 0.2) is 15.6 Å². The fraction of sp³-hybridized carbons (Fsp3) is 0.400. The first-order chi connectivity index (χ1) is 8.86. The van der Waals surface area contributed by atoms with Crippen LogP contribution >= 0.6 is 0 Å². The van der Waals surface area contributed by atoms with Gasteiger partial charge in [-0.3, -0.25) is 4.79 Å². The molecule has 0 unspecified atom stereocenters. The normalized spacial score (nSPS) is 11.3. The predicted octanol–water partition coefficient (Wildman–Crippen LogP) is 3.41. The fourth-order valence-corrected chi connectivity index (χ4v) is 3.10. The van der Waals surface area contributed by atoms with Crippen molar-refractivity contribution in [3.8, 4) is 0 Å². The standard InChI is InChI=1S/C15H20O3S/c1-4-5-6-15(16)13-7-9-14(10-8-13)19(17,18)11-12(2)3/h7-10H,2,4-6,11H2,1,3H3. The van der Waals surface area contributed by atoms with Gasteiger partial charge < -0.3 is 0 Å². The lowest BCUT2D eigenvalue weighted by molar-refractivity contribution is 0.0979. The Bertz CT molecular complexity index is 554. The van der Waals surface area contributed by atoms with Crippen LogP contribution in [0.5, 0.6) is 0 Å². The lowest BCUT2D eigenvalue weighted by Crippen LogP contribution is -2.08. The first kappa shape index (κ1) is 15.6. The maximum atomic E-state index is 12.0. The minimum atomic E-state index is -3.33.